The minimum Gasteiger partial charge on any atom is -0.324 e. The fourth-order valence-corrected chi connectivity index (χ4v) is 1.30. The highest BCUT2D eigenvalue weighted by molar-refractivity contribution is 4.79. The van der Waals surface area contributed by atoms with Gasteiger partial charge in [-0.3, -0.25) is 0 Å². The van der Waals surface area contributed by atoms with Crippen LogP contribution >= 0.6 is 0 Å². The molecule has 0 aromatic heterocycles. The number of hydrogen-bond acceptors (Lipinski definition) is 2. The zero-order chi connectivity index (χ0) is 9.94. The first-order chi connectivity index (χ1) is 5.24. The van der Waals surface area contributed by atoms with Gasteiger partial charge in [0.1, 0.15) is 0 Å². The third kappa shape index (κ3) is 4.73. The highest BCUT2D eigenvalue weighted by Crippen LogP contribution is 2.10. The summed E-state index contributed by atoms with van der Waals surface area (Å²) < 4.78 is 0. The van der Waals surface area contributed by atoms with E-state index in [1.165, 1.54) is 0 Å². The zero-order valence-electron chi connectivity index (χ0n) is 9.39. The van der Waals surface area contributed by atoms with Gasteiger partial charge < -0.3 is 10.6 Å². The molecule has 0 aromatic rings. The summed E-state index contributed by atoms with van der Waals surface area (Å²) in [5, 5.41) is 0. The Morgan fingerprint density at radius 1 is 1.25 bits per heavy atom. The standard InChI is InChI=1S/C10H24N2/c1-8(2)9(3)12(6)7-10(4,5)11/h8-9H,7,11H2,1-6H3. The fourth-order valence-electron chi connectivity index (χ4n) is 1.30. The lowest BCUT2D eigenvalue weighted by atomic mass is 10.0. The molecule has 1 atom stereocenters. The lowest BCUT2D eigenvalue weighted by molar-refractivity contribution is 0.176. The molecule has 0 fully saturated rings. The number of hydrogen-bond donors (Lipinski definition) is 1. The monoisotopic (exact) mass is 172 g/mol. The summed E-state index contributed by atoms with van der Waals surface area (Å²) in [6, 6.07) is 0.604. The van der Waals surface area contributed by atoms with E-state index in [0.717, 1.165) is 6.54 Å². The first-order valence-electron chi connectivity index (χ1n) is 4.73. The normalized spacial score (nSPS) is 15.8. The van der Waals surface area contributed by atoms with Gasteiger partial charge in [-0.15, -0.1) is 0 Å². The van der Waals surface area contributed by atoms with Crippen LogP contribution < -0.4 is 5.73 Å². The van der Waals surface area contributed by atoms with Crippen molar-refractivity contribution >= 4 is 0 Å². The quantitative estimate of drug-likeness (QED) is 0.699. The molecule has 0 aromatic carbocycles. The summed E-state index contributed by atoms with van der Waals surface area (Å²) in [7, 11) is 2.14. The molecule has 2 N–H and O–H groups in total. The second-order valence-corrected chi connectivity index (χ2v) is 4.89. The molecule has 0 aliphatic carbocycles. The molecule has 74 valence electrons. The predicted octanol–water partition coefficient (Wildman–Crippen LogP) is 1.70. The van der Waals surface area contributed by atoms with Gasteiger partial charge in [0.2, 0.25) is 0 Å². The van der Waals surface area contributed by atoms with Gasteiger partial charge >= 0.3 is 0 Å². The van der Waals surface area contributed by atoms with E-state index < -0.39 is 0 Å². The lowest BCUT2D eigenvalue weighted by Gasteiger charge is -2.33. The van der Waals surface area contributed by atoms with Crippen LogP contribution in [-0.2, 0) is 0 Å². The van der Waals surface area contributed by atoms with Crippen LogP contribution in [0.1, 0.15) is 34.6 Å². The van der Waals surface area contributed by atoms with Gasteiger partial charge in [-0.2, -0.15) is 0 Å². The Morgan fingerprint density at radius 2 is 1.67 bits per heavy atom. The maximum Gasteiger partial charge on any atom is 0.0226 e. The second-order valence-electron chi connectivity index (χ2n) is 4.89. The fraction of sp³-hybridized carbons (Fsp3) is 1.00. The first-order valence-corrected chi connectivity index (χ1v) is 4.73. The first kappa shape index (κ1) is 11.9. The molecule has 12 heavy (non-hydrogen) atoms. The van der Waals surface area contributed by atoms with Crippen LogP contribution in [0.2, 0.25) is 0 Å². The van der Waals surface area contributed by atoms with Crippen molar-refractivity contribution in [1.29, 1.82) is 0 Å². The van der Waals surface area contributed by atoms with Gasteiger partial charge in [0.25, 0.3) is 0 Å². The van der Waals surface area contributed by atoms with Crippen molar-refractivity contribution in [2.45, 2.75) is 46.2 Å². The van der Waals surface area contributed by atoms with Gasteiger partial charge in [0.05, 0.1) is 0 Å². The van der Waals surface area contributed by atoms with E-state index in [1.807, 2.05) is 0 Å². The van der Waals surface area contributed by atoms with Crippen LogP contribution in [0.3, 0.4) is 0 Å². The van der Waals surface area contributed by atoms with Crippen molar-refractivity contribution in [2.75, 3.05) is 13.6 Å². The Bertz CT molecular complexity index is 124. The van der Waals surface area contributed by atoms with E-state index in [-0.39, 0.29) is 5.54 Å². The van der Waals surface area contributed by atoms with Crippen molar-refractivity contribution in [1.82, 2.24) is 4.90 Å². The molecule has 2 nitrogen and oxygen atoms in total. The van der Waals surface area contributed by atoms with Crippen LogP contribution in [0.4, 0.5) is 0 Å². The summed E-state index contributed by atoms with van der Waals surface area (Å²) in [5.74, 6) is 0.692. The van der Waals surface area contributed by atoms with Crippen molar-refractivity contribution in [3.8, 4) is 0 Å². The maximum absolute atomic E-state index is 5.93. The van der Waals surface area contributed by atoms with Crippen LogP contribution in [-0.4, -0.2) is 30.1 Å². The molecule has 0 bridgehead atoms. The van der Waals surface area contributed by atoms with Gasteiger partial charge in [0, 0.05) is 18.1 Å². The second kappa shape index (κ2) is 4.24. The highest BCUT2D eigenvalue weighted by Gasteiger charge is 2.19. The third-order valence-electron chi connectivity index (χ3n) is 2.32. The Kier molecular flexibility index (Phi) is 4.21. The van der Waals surface area contributed by atoms with Crippen LogP contribution in [0.5, 0.6) is 0 Å². The van der Waals surface area contributed by atoms with Crippen molar-refractivity contribution in [3.05, 3.63) is 0 Å². The van der Waals surface area contributed by atoms with Crippen LogP contribution in [0.25, 0.3) is 0 Å². The van der Waals surface area contributed by atoms with E-state index in [4.69, 9.17) is 5.73 Å². The van der Waals surface area contributed by atoms with Gasteiger partial charge in [-0.25, -0.2) is 0 Å². The molecule has 0 aliphatic heterocycles. The smallest absolute Gasteiger partial charge is 0.0226 e. The number of nitrogens with zero attached hydrogens (tertiary/aromatic N) is 1. The Labute approximate surface area is 77.1 Å². The van der Waals surface area contributed by atoms with E-state index in [9.17, 15) is 0 Å². The minimum absolute atomic E-state index is 0.0854. The summed E-state index contributed by atoms with van der Waals surface area (Å²) in [6.45, 7) is 11.8. The molecule has 0 spiro atoms. The topological polar surface area (TPSA) is 29.3 Å². The zero-order valence-corrected chi connectivity index (χ0v) is 9.39. The van der Waals surface area contributed by atoms with E-state index >= 15 is 0 Å². The predicted molar refractivity (Wildman–Crippen MR) is 55.2 cm³/mol. The molecular formula is C10H24N2. The highest BCUT2D eigenvalue weighted by atomic mass is 15.1. The summed E-state index contributed by atoms with van der Waals surface area (Å²) in [6.07, 6.45) is 0. The van der Waals surface area contributed by atoms with Crippen LogP contribution in [0.15, 0.2) is 0 Å². The molecule has 0 heterocycles. The van der Waals surface area contributed by atoms with Crippen molar-refractivity contribution in [3.63, 3.8) is 0 Å². The number of nitrogens with two attached hydrogens (primary N) is 1. The van der Waals surface area contributed by atoms with E-state index in [2.05, 4.69) is 46.6 Å². The van der Waals surface area contributed by atoms with Gasteiger partial charge in [0.15, 0.2) is 0 Å². The lowest BCUT2D eigenvalue weighted by Crippen LogP contribution is -2.47. The molecule has 0 saturated heterocycles. The Balaban J connectivity index is 3.95. The third-order valence-corrected chi connectivity index (χ3v) is 2.32. The summed E-state index contributed by atoms with van der Waals surface area (Å²) in [5.41, 5.74) is 5.85. The van der Waals surface area contributed by atoms with Crippen LogP contribution in [0, 0.1) is 5.92 Å². The van der Waals surface area contributed by atoms with Crippen molar-refractivity contribution < 1.29 is 0 Å². The van der Waals surface area contributed by atoms with Gasteiger partial charge in [-0.05, 0) is 33.7 Å². The number of likely N-dealkylation sites (N-methyl/N-ethyl adjacent to an activating group) is 1. The average molecular weight is 172 g/mol. The van der Waals surface area contributed by atoms with Gasteiger partial charge in [-0.1, -0.05) is 13.8 Å². The van der Waals surface area contributed by atoms with E-state index in [0.29, 0.717) is 12.0 Å². The Morgan fingerprint density at radius 3 is 1.92 bits per heavy atom. The molecule has 0 aliphatic rings. The molecule has 1 unspecified atom stereocenters. The molecular weight excluding hydrogens is 148 g/mol. The maximum atomic E-state index is 5.93. The summed E-state index contributed by atoms with van der Waals surface area (Å²) >= 11 is 0. The van der Waals surface area contributed by atoms with Crippen molar-refractivity contribution in [2.24, 2.45) is 11.7 Å². The largest absolute Gasteiger partial charge is 0.324 e. The number of rotatable bonds is 4. The SMILES string of the molecule is CC(C)C(C)N(C)CC(C)(C)N. The Hall–Kier alpha value is -0.0800. The summed E-state index contributed by atoms with van der Waals surface area (Å²) in [4.78, 5) is 2.32. The molecule has 0 amide bonds. The average Bonchev–Trinajstić information content (AvgIpc) is 1.82. The molecule has 0 radical (unpaired) electrons. The molecule has 0 rings (SSSR count). The minimum atomic E-state index is -0.0854. The van der Waals surface area contributed by atoms with E-state index in [1.54, 1.807) is 0 Å². The molecule has 0 saturated carbocycles. The molecule has 2 heteroatoms.